The zero-order valence-corrected chi connectivity index (χ0v) is 17.3. The van der Waals surface area contributed by atoms with Crippen molar-refractivity contribution in [2.75, 3.05) is 31.1 Å². The predicted molar refractivity (Wildman–Crippen MR) is 111 cm³/mol. The van der Waals surface area contributed by atoms with Crippen LogP contribution >= 0.6 is 11.5 Å². The maximum absolute atomic E-state index is 12.3. The quantitative estimate of drug-likeness (QED) is 0.771. The van der Waals surface area contributed by atoms with Gasteiger partial charge in [0.2, 0.25) is 5.13 Å². The molecule has 1 fully saturated rings. The summed E-state index contributed by atoms with van der Waals surface area (Å²) in [4.78, 5) is 21.2. The minimum absolute atomic E-state index is 0.0490. The number of aromatic nitrogens is 2. The van der Waals surface area contributed by atoms with E-state index >= 15 is 0 Å². The van der Waals surface area contributed by atoms with Crippen LogP contribution in [0.15, 0.2) is 24.3 Å². The fraction of sp³-hybridized carbons (Fsp3) is 0.550. The number of piperazine rings is 1. The van der Waals surface area contributed by atoms with E-state index in [1.165, 1.54) is 22.7 Å². The van der Waals surface area contributed by atoms with Crippen molar-refractivity contribution in [1.29, 1.82) is 0 Å². The SMILES string of the molecule is CCCCNC(=O)N1CCN(c2nc(Cc3ccc(C)cc3)ns2)C[C@H]1C. The lowest BCUT2D eigenvalue weighted by Crippen LogP contribution is -2.56. The highest BCUT2D eigenvalue weighted by Gasteiger charge is 2.28. The summed E-state index contributed by atoms with van der Waals surface area (Å²) < 4.78 is 4.53. The molecule has 0 bridgehead atoms. The molecule has 1 saturated heterocycles. The molecule has 1 aliphatic heterocycles. The smallest absolute Gasteiger partial charge is 0.317 e. The van der Waals surface area contributed by atoms with Gasteiger partial charge in [-0.05, 0) is 25.8 Å². The third-order valence-electron chi connectivity index (χ3n) is 4.91. The zero-order valence-electron chi connectivity index (χ0n) is 16.4. The Kier molecular flexibility index (Phi) is 6.66. The monoisotopic (exact) mass is 387 g/mol. The van der Waals surface area contributed by atoms with Gasteiger partial charge in [0.1, 0.15) is 5.82 Å². The standard InChI is InChI=1S/C20H29N5OS/c1-4-5-10-21-19(26)25-12-11-24(14-16(25)3)20-22-18(23-27-20)13-17-8-6-15(2)7-9-17/h6-9,16H,4-5,10-14H2,1-3H3,(H,21,26)/t16-/m1/s1. The molecule has 2 aromatic rings. The lowest BCUT2D eigenvalue weighted by Gasteiger charge is -2.39. The van der Waals surface area contributed by atoms with Crippen molar-refractivity contribution >= 4 is 22.7 Å². The van der Waals surface area contributed by atoms with Gasteiger partial charge in [-0.2, -0.15) is 4.37 Å². The van der Waals surface area contributed by atoms with Crippen LogP contribution in [-0.4, -0.2) is 52.5 Å². The molecule has 146 valence electrons. The van der Waals surface area contributed by atoms with E-state index in [1.807, 2.05) is 4.90 Å². The van der Waals surface area contributed by atoms with Gasteiger partial charge in [0.05, 0.1) is 0 Å². The normalized spacial score (nSPS) is 17.2. The van der Waals surface area contributed by atoms with Crippen molar-refractivity contribution in [2.45, 2.75) is 46.1 Å². The average molecular weight is 388 g/mol. The van der Waals surface area contributed by atoms with Crippen molar-refractivity contribution in [3.05, 3.63) is 41.2 Å². The van der Waals surface area contributed by atoms with E-state index < -0.39 is 0 Å². The van der Waals surface area contributed by atoms with E-state index in [4.69, 9.17) is 4.98 Å². The highest BCUT2D eigenvalue weighted by atomic mass is 32.1. The fourth-order valence-electron chi connectivity index (χ4n) is 3.24. The topological polar surface area (TPSA) is 61.4 Å². The summed E-state index contributed by atoms with van der Waals surface area (Å²) in [7, 11) is 0. The minimum Gasteiger partial charge on any atom is -0.343 e. The van der Waals surface area contributed by atoms with Crippen molar-refractivity contribution in [3.63, 3.8) is 0 Å². The first-order valence-electron chi connectivity index (χ1n) is 9.74. The van der Waals surface area contributed by atoms with Crippen LogP contribution < -0.4 is 10.2 Å². The largest absolute Gasteiger partial charge is 0.343 e. The lowest BCUT2D eigenvalue weighted by atomic mass is 10.1. The number of urea groups is 1. The van der Waals surface area contributed by atoms with Crippen LogP contribution in [0.1, 0.15) is 43.6 Å². The summed E-state index contributed by atoms with van der Waals surface area (Å²) in [6.45, 7) is 9.37. The van der Waals surface area contributed by atoms with Gasteiger partial charge in [0.25, 0.3) is 0 Å². The van der Waals surface area contributed by atoms with E-state index in [2.05, 4.69) is 59.6 Å². The van der Waals surface area contributed by atoms with Gasteiger partial charge in [-0.3, -0.25) is 0 Å². The van der Waals surface area contributed by atoms with E-state index in [0.717, 1.165) is 49.9 Å². The summed E-state index contributed by atoms with van der Waals surface area (Å²) in [6.07, 6.45) is 2.87. The predicted octanol–water partition coefficient (Wildman–Crippen LogP) is 3.46. The Morgan fingerprint density at radius 3 is 2.78 bits per heavy atom. The number of unbranched alkanes of at least 4 members (excludes halogenated alkanes) is 1. The lowest BCUT2D eigenvalue weighted by molar-refractivity contribution is 0.171. The summed E-state index contributed by atoms with van der Waals surface area (Å²) in [5.74, 6) is 0.867. The number of carbonyl (C=O) groups excluding carboxylic acids is 1. The number of hydrogen-bond donors (Lipinski definition) is 1. The van der Waals surface area contributed by atoms with E-state index in [-0.39, 0.29) is 12.1 Å². The molecule has 1 aliphatic rings. The second-order valence-corrected chi connectivity index (χ2v) is 7.96. The van der Waals surface area contributed by atoms with E-state index in [1.54, 1.807) is 0 Å². The third-order valence-corrected chi connectivity index (χ3v) is 5.72. The summed E-state index contributed by atoms with van der Waals surface area (Å²) in [6, 6.07) is 8.71. The summed E-state index contributed by atoms with van der Waals surface area (Å²) in [5, 5.41) is 3.97. The first-order valence-corrected chi connectivity index (χ1v) is 10.5. The number of nitrogens with zero attached hydrogens (tertiary/aromatic N) is 4. The van der Waals surface area contributed by atoms with Gasteiger partial charge in [-0.15, -0.1) is 0 Å². The van der Waals surface area contributed by atoms with E-state index in [0.29, 0.717) is 6.54 Å². The minimum atomic E-state index is 0.0490. The molecule has 6 nitrogen and oxygen atoms in total. The van der Waals surface area contributed by atoms with Gasteiger partial charge < -0.3 is 15.1 Å². The molecule has 7 heteroatoms. The second kappa shape index (κ2) is 9.17. The summed E-state index contributed by atoms with van der Waals surface area (Å²) >= 11 is 1.45. The Hall–Kier alpha value is -2.15. The Morgan fingerprint density at radius 2 is 2.07 bits per heavy atom. The molecule has 1 aromatic carbocycles. The van der Waals surface area contributed by atoms with E-state index in [9.17, 15) is 4.79 Å². The van der Waals surface area contributed by atoms with Crippen LogP contribution in [0, 0.1) is 6.92 Å². The molecule has 0 unspecified atom stereocenters. The molecule has 1 aromatic heterocycles. The molecule has 3 rings (SSSR count). The van der Waals surface area contributed by atoms with Crippen LogP contribution in [0.2, 0.25) is 0 Å². The molecule has 0 aliphatic carbocycles. The number of carbonyl (C=O) groups is 1. The molecule has 1 N–H and O–H groups in total. The van der Waals surface area contributed by atoms with Gasteiger partial charge in [0.15, 0.2) is 0 Å². The van der Waals surface area contributed by atoms with Crippen molar-refractivity contribution in [3.8, 4) is 0 Å². The number of aryl methyl sites for hydroxylation is 1. The van der Waals surface area contributed by atoms with Crippen molar-refractivity contribution in [1.82, 2.24) is 19.6 Å². The Balaban J connectivity index is 1.55. The maximum atomic E-state index is 12.3. The Labute approximate surface area is 165 Å². The van der Waals surface area contributed by atoms with Crippen LogP contribution in [0.3, 0.4) is 0 Å². The third kappa shape index (κ3) is 5.19. The number of nitrogens with one attached hydrogen (secondary N) is 1. The zero-order chi connectivity index (χ0) is 19.2. The maximum Gasteiger partial charge on any atom is 0.317 e. The Morgan fingerprint density at radius 1 is 1.30 bits per heavy atom. The number of hydrogen-bond acceptors (Lipinski definition) is 5. The molecule has 0 saturated carbocycles. The van der Waals surface area contributed by atoms with Crippen molar-refractivity contribution < 1.29 is 4.79 Å². The molecule has 0 spiro atoms. The van der Waals surface area contributed by atoms with Crippen LogP contribution in [-0.2, 0) is 6.42 Å². The van der Waals surface area contributed by atoms with Crippen LogP contribution in [0.5, 0.6) is 0 Å². The number of amides is 2. The van der Waals surface area contributed by atoms with Gasteiger partial charge in [0, 0.05) is 50.2 Å². The first-order chi connectivity index (χ1) is 13.1. The molecule has 27 heavy (non-hydrogen) atoms. The molecular formula is C20H29N5OS. The van der Waals surface area contributed by atoms with Crippen LogP contribution in [0.4, 0.5) is 9.93 Å². The summed E-state index contributed by atoms with van der Waals surface area (Å²) in [5.41, 5.74) is 2.49. The van der Waals surface area contributed by atoms with Crippen molar-refractivity contribution in [2.24, 2.45) is 0 Å². The number of rotatable bonds is 6. The van der Waals surface area contributed by atoms with Gasteiger partial charge in [-0.25, -0.2) is 9.78 Å². The first kappa shape index (κ1) is 19.6. The number of benzene rings is 1. The van der Waals surface area contributed by atoms with Gasteiger partial charge in [-0.1, -0.05) is 43.2 Å². The van der Waals surface area contributed by atoms with Crippen LogP contribution in [0.25, 0.3) is 0 Å². The Bertz CT molecular complexity index is 745. The molecule has 2 amide bonds. The molecule has 0 radical (unpaired) electrons. The molecule has 2 heterocycles. The average Bonchev–Trinajstić information content (AvgIpc) is 3.12. The number of anilines is 1. The molecular weight excluding hydrogens is 358 g/mol. The molecule has 1 atom stereocenters. The second-order valence-electron chi connectivity index (χ2n) is 7.23. The fourth-order valence-corrected chi connectivity index (χ4v) is 3.96. The highest BCUT2D eigenvalue weighted by molar-refractivity contribution is 7.09. The highest BCUT2D eigenvalue weighted by Crippen LogP contribution is 2.22. The van der Waals surface area contributed by atoms with Gasteiger partial charge >= 0.3 is 6.03 Å².